The van der Waals surface area contributed by atoms with Gasteiger partial charge in [-0.05, 0) is 30.3 Å². The Morgan fingerprint density at radius 1 is 1.05 bits per heavy atom. The Morgan fingerprint density at radius 2 is 1.52 bits per heavy atom. The lowest BCUT2D eigenvalue weighted by molar-refractivity contribution is 0.318. The Morgan fingerprint density at radius 3 is 2.00 bits per heavy atom. The predicted molar refractivity (Wildman–Crippen MR) is 85.6 cm³/mol. The third-order valence-corrected chi connectivity index (χ3v) is 3.43. The summed E-state index contributed by atoms with van der Waals surface area (Å²) in [5, 5.41) is 12.4. The molecule has 0 saturated carbocycles. The normalized spacial score (nSPS) is 11.9. The number of oxime groups is 1. The van der Waals surface area contributed by atoms with Gasteiger partial charge in [-0.2, -0.15) is 0 Å². The summed E-state index contributed by atoms with van der Waals surface area (Å²) in [5.74, 6) is 0.121. The van der Waals surface area contributed by atoms with Gasteiger partial charge in [0.15, 0.2) is 5.84 Å². The summed E-state index contributed by atoms with van der Waals surface area (Å²) in [5.41, 5.74) is 8.63. The maximum absolute atomic E-state index is 8.63. The number of nitrogens with zero attached hydrogens (tertiary/aromatic N) is 2. The van der Waals surface area contributed by atoms with Crippen LogP contribution in [-0.4, -0.2) is 23.0 Å². The van der Waals surface area contributed by atoms with Crippen molar-refractivity contribution in [1.82, 2.24) is 4.90 Å². The zero-order chi connectivity index (χ0) is 15.2. The molecule has 0 radical (unpaired) electrons. The molecule has 110 valence electrons. The van der Waals surface area contributed by atoms with Gasteiger partial charge in [-0.1, -0.05) is 53.2 Å². The highest BCUT2D eigenvalue weighted by molar-refractivity contribution is 6.30. The van der Waals surface area contributed by atoms with Crippen LogP contribution in [0.1, 0.15) is 16.7 Å². The average Bonchev–Trinajstić information content (AvgIpc) is 2.49. The first kappa shape index (κ1) is 15.4. The van der Waals surface area contributed by atoms with Crippen molar-refractivity contribution in [2.24, 2.45) is 10.9 Å². The summed E-state index contributed by atoms with van der Waals surface area (Å²) >= 11 is 5.88. The van der Waals surface area contributed by atoms with Gasteiger partial charge in [0.2, 0.25) is 0 Å². The third kappa shape index (κ3) is 4.48. The zero-order valence-corrected chi connectivity index (χ0v) is 12.6. The van der Waals surface area contributed by atoms with E-state index in [0.717, 1.165) is 18.1 Å². The molecule has 21 heavy (non-hydrogen) atoms. The third-order valence-electron chi connectivity index (χ3n) is 3.18. The summed E-state index contributed by atoms with van der Waals surface area (Å²) in [6, 6.07) is 15.5. The number of hydrogen-bond acceptors (Lipinski definition) is 3. The van der Waals surface area contributed by atoms with Crippen LogP contribution in [0, 0.1) is 0 Å². The number of nitrogens with two attached hydrogens (primary N) is 1. The minimum absolute atomic E-state index is 0.121. The molecular formula is C16H18ClN3O. The molecule has 0 saturated heterocycles. The lowest BCUT2D eigenvalue weighted by atomic mass is 10.1. The fourth-order valence-corrected chi connectivity index (χ4v) is 2.23. The van der Waals surface area contributed by atoms with Crippen molar-refractivity contribution in [2.75, 3.05) is 7.05 Å². The monoisotopic (exact) mass is 303 g/mol. The van der Waals surface area contributed by atoms with E-state index >= 15 is 0 Å². The number of halogens is 1. The number of hydrogen-bond donors (Lipinski definition) is 2. The Kier molecular flexibility index (Phi) is 5.20. The summed E-state index contributed by atoms with van der Waals surface area (Å²) in [7, 11) is 2.06. The molecule has 0 heterocycles. The maximum atomic E-state index is 8.63. The molecule has 0 aliphatic carbocycles. The van der Waals surface area contributed by atoms with Crippen LogP contribution >= 0.6 is 11.6 Å². The molecule has 4 nitrogen and oxygen atoms in total. The van der Waals surface area contributed by atoms with Crippen LogP contribution in [0.2, 0.25) is 5.02 Å². The standard InChI is InChI=1S/C16H18ClN3O/c1-20(11-13-4-8-15(17)9-5-13)10-12-2-6-14(7-3-12)16(18)19-21/h2-9,21H,10-11H2,1H3,(H2,18,19). The topological polar surface area (TPSA) is 61.8 Å². The largest absolute Gasteiger partial charge is 0.409 e. The SMILES string of the molecule is CN(Cc1ccc(Cl)cc1)Cc1ccc(C(N)=NO)cc1. The summed E-state index contributed by atoms with van der Waals surface area (Å²) in [4.78, 5) is 2.21. The smallest absolute Gasteiger partial charge is 0.170 e. The van der Waals surface area contributed by atoms with E-state index in [0.29, 0.717) is 5.56 Å². The zero-order valence-electron chi connectivity index (χ0n) is 11.8. The molecule has 0 fully saturated rings. The predicted octanol–water partition coefficient (Wildman–Crippen LogP) is 3.07. The molecule has 0 aliphatic heterocycles. The van der Waals surface area contributed by atoms with Crippen molar-refractivity contribution in [3.05, 3.63) is 70.2 Å². The van der Waals surface area contributed by atoms with E-state index in [1.807, 2.05) is 48.5 Å². The van der Waals surface area contributed by atoms with E-state index in [1.54, 1.807) is 0 Å². The van der Waals surface area contributed by atoms with E-state index in [-0.39, 0.29) is 5.84 Å². The van der Waals surface area contributed by atoms with Crippen LogP contribution in [0.3, 0.4) is 0 Å². The van der Waals surface area contributed by atoms with E-state index in [2.05, 4.69) is 17.1 Å². The summed E-state index contributed by atoms with van der Waals surface area (Å²) < 4.78 is 0. The Bertz CT molecular complexity index is 608. The molecule has 0 aliphatic rings. The van der Waals surface area contributed by atoms with E-state index < -0.39 is 0 Å². The van der Waals surface area contributed by atoms with Crippen LogP contribution in [0.4, 0.5) is 0 Å². The van der Waals surface area contributed by atoms with Crippen LogP contribution in [0.15, 0.2) is 53.7 Å². The molecule has 0 unspecified atom stereocenters. The van der Waals surface area contributed by atoms with Crippen LogP contribution < -0.4 is 5.73 Å². The van der Waals surface area contributed by atoms with Gasteiger partial charge < -0.3 is 10.9 Å². The molecular weight excluding hydrogens is 286 g/mol. The highest BCUT2D eigenvalue weighted by atomic mass is 35.5. The molecule has 2 aromatic rings. The first-order valence-corrected chi connectivity index (χ1v) is 6.96. The van der Waals surface area contributed by atoms with Gasteiger partial charge in [-0.25, -0.2) is 0 Å². The fraction of sp³-hybridized carbons (Fsp3) is 0.188. The van der Waals surface area contributed by atoms with Gasteiger partial charge in [0.05, 0.1) is 0 Å². The minimum Gasteiger partial charge on any atom is -0.409 e. The maximum Gasteiger partial charge on any atom is 0.170 e. The summed E-state index contributed by atoms with van der Waals surface area (Å²) in [6.07, 6.45) is 0. The van der Waals surface area contributed by atoms with Crippen molar-refractivity contribution >= 4 is 17.4 Å². The van der Waals surface area contributed by atoms with Crippen molar-refractivity contribution < 1.29 is 5.21 Å². The molecule has 0 atom stereocenters. The molecule has 2 rings (SSSR count). The lowest BCUT2D eigenvalue weighted by Crippen LogP contribution is -2.17. The Balaban J connectivity index is 1.96. The molecule has 2 aromatic carbocycles. The van der Waals surface area contributed by atoms with Gasteiger partial charge in [0, 0.05) is 23.7 Å². The highest BCUT2D eigenvalue weighted by Gasteiger charge is 2.04. The Hall–Kier alpha value is -2.04. The molecule has 3 N–H and O–H groups in total. The lowest BCUT2D eigenvalue weighted by Gasteiger charge is -2.17. The quantitative estimate of drug-likeness (QED) is 0.386. The van der Waals surface area contributed by atoms with Crippen molar-refractivity contribution in [2.45, 2.75) is 13.1 Å². The average molecular weight is 304 g/mol. The van der Waals surface area contributed by atoms with Gasteiger partial charge in [-0.3, -0.25) is 4.90 Å². The van der Waals surface area contributed by atoms with Gasteiger partial charge >= 0.3 is 0 Å². The fourth-order valence-electron chi connectivity index (χ4n) is 2.11. The molecule has 5 heteroatoms. The van der Waals surface area contributed by atoms with Gasteiger partial charge in [-0.15, -0.1) is 0 Å². The number of benzene rings is 2. The minimum atomic E-state index is 0.121. The second kappa shape index (κ2) is 7.11. The van der Waals surface area contributed by atoms with Crippen LogP contribution in [0.5, 0.6) is 0 Å². The van der Waals surface area contributed by atoms with Crippen molar-refractivity contribution in [1.29, 1.82) is 0 Å². The van der Waals surface area contributed by atoms with Crippen LogP contribution in [0.25, 0.3) is 0 Å². The Labute approximate surface area is 129 Å². The van der Waals surface area contributed by atoms with Gasteiger partial charge in [0.1, 0.15) is 0 Å². The van der Waals surface area contributed by atoms with E-state index in [1.165, 1.54) is 11.1 Å². The first-order valence-electron chi connectivity index (χ1n) is 6.58. The number of amidine groups is 1. The highest BCUT2D eigenvalue weighted by Crippen LogP contribution is 2.13. The van der Waals surface area contributed by atoms with Gasteiger partial charge in [0.25, 0.3) is 0 Å². The van der Waals surface area contributed by atoms with Crippen molar-refractivity contribution in [3.8, 4) is 0 Å². The molecule has 0 amide bonds. The number of rotatable bonds is 5. The molecule has 0 spiro atoms. The molecule has 0 bridgehead atoms. The molecule has 0 aromatic heterocycles. The van der Waals surface area contributed by atoms with E-state index in [9.17, 15) is 0 Å². The first-order chi connectivity index (χ1) is 10.1. The van der Waals surface area contributed by atoms with Crippen LogP contribution in [-0.2, 0) is 13.1 Å². The summed E-state index contributed by atoms with van der Waals surface area (Å²) in [6.45, 7) is 1.66. The van der Waals surface area contributed by atoms with E-state index in [4.69, 9.17) is 22.5 Å². The second-order valence-electron chi connectivity index (χ2n) is 4.98. The van der Waals surface area contributed by atoms with Crippen molar-refractivity contribution in [3.63, 3.8) is 0 Å². The second-order valence-corrected chi connectivity index (χ2v) is 5.42.